The first kappa shape index (κ1) is 20.5. The molecular formula is C19H24N5O4S+. The summed E-state index contributed by atoms with van der Waals surface area (Å²) in [6.07, 6.45) is 0.787. The number of anilines is 3. The van der Waals surface area contributed by atoms with Gasteiger partial charge in [0.25, 0.3) is 5.91 Å². The van der Waals surface area contributed by atoms with Crippen LogP contribution in [0, 0.1) is 6.92 Å². The zero-order valence-electron chi connectivity index (χ0n) is 16.6. The predicted molar refractivity (Wildman–Crippen MR) is 109 cm³/mol. The molecular weight excluding hydrogens is 394 g/mol. The Morgan fingerprint density at radius 3 is 2.72 bits per heavy atom. The number of thiophene rings is 1. The summed E-state index contributed by atoms with van der Waals surface area (Å²) in [7, 11) is 3.20. The number of phenols is 1. The molecule has 0 bridgehead atoms. The van der Waals surface area contributed by atoms with Crippen molar-refractivity contribution >= 4 is 34.6 Å². The van der Waals surface area contributed by atoms with E-state index in [1.54, 1.807) is 37.6 Å². The molecule has 0 saturated heterocycles. The van der Waals surface area contributed by atoms with Crippen molar-refractivity contribution in [2.24, 2.45) is 0 Å². The van der Waals surface area contributed by atoms with Gasteiger partial charge in [0.2, 0.25) is 0 Å². The third kappa shape index (κ3) is 4.27. The van der Waals surface area contributed by atoms with Crippen LogP contribution in [0.4, 0.5) is 17.3 Å². The monoisotopic (exact) mass is 418 g/mol. The minimum absolute atomic E-state index is 0.0328. The molecule has 1 amide bonds. The van der Waals surface area contributed by atoms with Crippen LogP contribution in [-0.2, 0) is 0 Å². The highest BCUT2D eigenvalue weighted by atomic mass is 32.1. The third-order valence-corrected chi connectivity index (χ3v) is 5.49. The summed E-state index contributed by atoms with van der Waals surface area (Å²) in [5.74, 6) is -0.208. The summed E-state index contributed by atoms with van der Waals surface area (Å²) in [5.41, 5.74) is 0.364. The van der Waals surface area contributed by atoms with E-state index >= 15 is 0 Å². The van der Waals surface area contributed by atoms with Crippen molar-refractivity contribution < 1.29 is 24.6 Å². The minimum Gasteiger partial charge on any atom is -0.504 e. The molecule has 9 nitrogen and oxygen atoms in total. The number of hydrogen-bond acceptors (Lipinski definition) is 8. The zero-order valence-corrected chi connectivity index (χ0v) is 17.4. The lowest BCUT2D eigenvalue weighted by atomic mass is 10.1. The number of aromatic nitrogens is 2. The van der Waals surface area contributed by atoms with Gasteiger partial charge in [-0.05, 0) is 37.6 Å². The van der Waals surface area contributed by atoms with Gasteiger partial charge in [0.05, 0.1) is 11.6 Å². The van der Waals surface area contributed by atoms with Crippen molar-refractivity contribution in [3.8, 4) is 5.75 Å². The quantitative estimate of drug-likeness (QED) is 0.344. The average molecular weight is 418 g/mol. The Labute approximate surface area is 172 Å². The molecule has 0 radical (unpaired) electrons. The SMILES string of the molecule is CC[C@@H](Nc1no[n+](O)c1Nc1cccc(C(=O)N(C)C)c1O)c1ccc(C)s1. The molecule has 154 valence electrons. The second kappa shape index (κ2) is 8.39. The summed E-state index contributed by atoms with van der Waals surface area (Å²) >= 11 is 1.67. The van der Waals surface area contributed by atoms with E-state index in [4.69, 9.17) is 4.63 Å². The Bertz CT molecular complexity index is 1010. The van der Waals surface area contributed by atoms with Crippen molar-refractivity contribution in [1.82, 2.24) is 10.1 Å². The van der Waals surface area contributed by atoms with Crippen molar-refractivity contribution in [1.29, 1.82) is 0 Å². The maximum absolute atomic E-state index is 12.2. The number of rotatable bonds is 7. The standard InChI is InChI=1S/C19H23N5O4S/c1-5-13(15-10-9-11(2)29-15)20-17-18(24(27)28-22-17)21-14-8-6-7-12(16(14)25)19(26)23(3)4/h6-10,13,27H,5H2,1-4H3,(H2,20,22,25,26)/p+1/t13-/m1/s1. The highest BCUT2D eigenvalue weighted by molar-refractivity contribution is 7.12. The number of carbonyl (C=O) groups excluding carboxylic acids is 1. The molecule has 0 unspecified atom stereocenters. The minimum atomic E-state index is -0.342. The molecule has 1 aromatic carbocycles. The van der Waals surface area contributed by atoms with Gasteiger partial charge in [-0.25, -0.2) is 0 Å². The van der Waals surface area contributed by atoms with Gasteiger partial charge in [0.15, 0.2) is 5.75 Å². The molecule has 10 heteroatoms. The topological polar surface area (TPSA) is 115 Å². The van der Waals surface area contributed by atoms with E-state index in [9.17, 15) is 15.1 Å². The van der Waals surface area contributed by atoms with E-state index in [2.05, 4.69) is 15.8 Å². The lowest BCUT2D eigenvalue weighted by Gasteiger charge is -2.14. The fourth-order valence-electron chi connectivity index (χ4n) is 2.82. The second-order valence-electron chi connectivity index (χ2n) is 6.72. The number of hydrogen-bond donors (Lipinski definition) is 4. The lowest BCUT2D eigenvalue weighted by molar-refractivity contribution is -1.03. The van der Waals surface area contributed by atoms with Crippen LogP contribution in [0.5, 0.6) is 5.75 Å². The first-order valence-corrected chi connectivity index (χ1v) is 9.88. The molecule has 2 heterocycles. The highest BCUT2D eigenvalue weighted by Crippen LogP contribution is 2.34. The number of nitrogens with one attached hydrogen (secondary N) is 2. The van der Waals surface area contributed by atoms with Gasteiger partial charge in [0.1, 0.15) is 15.7 Å². The van der Waals surface area contributed by atoms with Crippen LogP contribution in [0.15, 0.2) is 35.0 Å². The summed E-state index contributed by atoms with van der Waals surface area (Å²) in [6, 6.07) is 8.79. The Balaban J connectivity index is 1.89. The largest absolute Gasteiger partial charge is 0.504 e. The van der Waals surface area contributed by atoms with E-state index in [0.717, 1.165) is 11.3 Å². The van der Waals surface area contributed by atoms with Crippen molar-refractivity contribution in [2.45, 2.75) is 26.3 Å². The number of aromatic hydroxyl groups is 1. The van der Waals surface area contributed by atoms with Crippen LogP contribution >= 0.6 is 11.3 Å². The Morgan fingerprint density at radius 1 is 1.34 bits per heavy atom. The van der Waals surface area contributed by atoms with Crippen molar-refractivity contribution in [3.63, 3.8) is 0 Å². The molecule has 0 saturated carbocycles. The van der Waals surface area contributed by atoms with E-state index in [0.29, 0.717) is 4.90 Å². The number of amides is 1. The van der Waals surface area contributed by atoms with Crippen molar-refractivity contribution in [3.05, 3.63) is 45.6 Å². The van der Waals surface area contributed by atoms with Gasteiger partial charge < -0.3 is 20.5 Å². The molecule has 0 aliphatic carbocycles. The van der Waals surface area contributed by atoms with Crippen LogP contribution in [0.25, 0.3) is 0 Å². The molecule has 4 N–H and O–H groups in total. The lowest BCUT2D eigenvalue weighted by Crippen LogP contribution is -2.30. The van der Waals surface area contributed by atoms with Crippen LogP contribution in [0.1, 0.15) is 39.5 Å². The van der Waals surface area contributed by atoms with E-state index in [-0.39, 0.29) is 40.6 Å². The van der Waals surface area contributed by atoms with Crippen LogP contribution in [0.2, 0.25) is 0 Å². The zero-order chi connectivity index (χ0) is 21.1. The maximum atomic E-state index is 12.2. The first-order chi connectivity index (χ1) is 13.8. The fourth-order valence-corrected chi connectivity index (χ4v) is 3.83. The Hall–Kier alpha value is -3.27. The van der Waals surface area contributed by atoms with Gasteiger partial charge in [-0.3, -0.25) is 10.1 Å². The highest BCUT2D eigenvalue weighted by Gasteiger charge is 2.28. The molecule has 1 atom stereocenters. The average Bonchev–Trinajstić information content (AvgIpc) is 3.27. The number of nitrogens with zero attached hydrogens (tertiary/aromatic N) is 3. The van der Waals surface area contributed by atoms with Crippen molar-refractivity contribution in [2.75, 3.05) is 24.7 Å². The number of phenolic OH excluding ortho intramolecular Hbond substituents is 1. The smallest absolute Gasteiger partial charge is 0.370 e. The van der Waals surface area contributed by atoms with Gasteiger partial charge >= 0.3 is 11.6 Å². The van der Waals surface area contributed by atoms with Gasteiger partial charge in [0, 0.05) is 23.8 Å². The summed E-state index contributed by atoms with van der Waals surface area (Å²) in [6.45, 7) is 4.07. The number of carbonyl (C=O) groups is 1. The maximum Gasteiger partial charge on any atom is 0.370 e. The van der Waals surface area contributed by atoms with Crippen LogP contribution in [-0.4, -0.2) is 40.4 Å². The summed E-state index contributed by atoms with van der Waals surface area (Å²) in [5, 5.41) is 30.6. The summed E-state index contributed by atoms with van der Waals surface area (Å²) < 4.78 is 4.85. The first-order valence-electron chi connectivity index (χ1n) is 9.06. The summed E-state index contributed by atoms with van der Waals surface area (Å²) in [4.78, 5) is 16.4. The van der Waals surface area contributed by atoms with Crippen LogP contribution in [0.3, 0.4) is 0 Å². The second-order valence-corrected chi connectivity index (χ2v) is 8.04. The van der Waals surface area contributed by atoms with E-state index in [1.807, 2.05) is 26.0 Å². The molecule has 0 aliphatic rings. The molecule has 2 aromatic heterocycles. The number of para-hydroxylation sites is 1. The van der Waals surface area contributed by atoms with E-state index < -0.39 is 0 Å². The Morgan fingerprint density at radius 2 is 2.10 bits per heavy atom. The fraction of sp³-hybridized carbons (Fsp3) is 0.316. The number of benzene rings is 1. The number of aryl methyl sites for hydroxylation is 1. The third-order valence-electron chi connectivity index (χ3n) is 4.37. The van der Waals surface area contributed by atoms with Gasteiger partial charge in [-0.15, -0.1) is 11.3 Å². The van der Waals surface area contributed by atoms with Gasteiger partial charge in [-0.1, -0.05) is 17.6 Å². The molecule has 0 fully saturated rings. The van der Waals surface area contributed by atoms with E-state index in [1.165, 1.54) is 15.8 Å². The molecule has 3 aromatic rings. The van der Waals surface area contributed by atoms with Gasteiger partial charge in [-0.2, -0.15) is 0 Å². The molecule has 29 heavy (non-hydrogen) atoms. The molecule has 0 aliphatic heterocycles. The van der Waals surface area contributed by atoms with Crippen LogP contribution < -0.4 is 15.5 Å². The molecule has 0 spiro atoms. The predicted octanol–water partition coefficient (Wildman–Crippen LogP) is 3.28. The Kier molecular flexibility index (Phi) is 5.92. The normalized spacial score (nSPS) is 11.9. The molecule has 3 rings (SSSR count).